The Bertz CT molecular complexity index is 147. The maximum absolute atomic E-state index is 9.38. The highest BCUT2D eigenvalue weighted by Crippen LogP contribution is 2.26. The van der Waals surface area contributed by atoms with E-state index in [0.29, 0.717) is 0 Å². The molecule has 1 aliphatic heterocycles. The minimum atomic E-state index is -1.26. The Labute approximate surface area is 80.3 Å². The molecule has 1 aliphatic rings. The predicted molar refractivity (Wildman–Crippen MR) is 47.3 cm³/mol. The minimum Gasteiger partial charge on any atom is -0.394 e. The molecule has 4 N–H and O–H groups in total. The van der Waals surface area contributed by atoms with E-state index in [1.165, 1.54) is 11.8 Å². The van der Waals surface area contributed by atoms with Gasteiger partial charge < -0.3 is 25.2 Å². The van der Waals surface area contributed by atoms with Crippen LogP contribution in [0, 0.1) is 0 Å². The molecule has 6 heteroatoms. The molecular formula is C7H14O5S. The Morgan fingerprint density at radius 2 is 1.77 bits per heavy atom. The van der Waals surface area contributed by atoms with Crippen molar-refractivity contribution in [1.29, 1.82) is 0 Å². The molecule has 1 heterocycles. The average Bonchev–Trinajstić information content (AvgIpc) is 2.15. The van der Waals surface area contributed by atoms with Crippen LogP contribution in [0.3, 0.4) is 0 Å². The molecule has 1 rings (SSSR count). The van der Waals surface area contributed by atoms with Gasteiger partial charge in [0, 0.05) is 0 Å². The fourth-order valence-electron chi connectivity index (χ4n) is 1.26. The van der Waals surface area contributed by atoms with Crippen molar-refractivity contribution in [1.82, 2.24) is 0 Å². The number of rotatable bonds is 2. The molecule has 0 spiro atoms. The van der Waals surface area contributed by atoms with Gasteiger partial charge in [0.25, 0.3) is 0 Å². The summed E-state index contributed by atoms with van der Waals surface area (Å²) >= 11 is 1.22. The molecule has 5 atom stereocenters. The molecule has 0 bridgehead atoms. The second-order valence-corrected chi connectivity index (χ2v) is 3.87. The molecule has 0 saturated carbocycles. The first-order valence-corrected chi connectivity index (χ1v) is 5.24. The topological polar surface area (TPSA) is 90.2 Å². The van der Waals surface area contributed by atoms with Crippen LogP contribution >= 0.6 is 11.8 Å². The third-order valence-corrected chi connectivity index (χ3v) is 2.94. The van der Waals surface area contributed by atoms with Crippen LogP contribution in [0.4, 0.5) is 0 Å². The first-order valence-electron chi connectivity index (χ1n) is 3.95. The van der Waals surface area contributed by atoms with Gasteiger partial charge in [-0.1, -0.05) is 0 Å². The van der Waals surface area contributed by atoms with Crippen molar-refractivity contribution >= 4 is 11.8 Å². The van der Waals surface area contributed by atoms with Gasteiger partial charge in [0.05, 0.1) is 6.61 Å². The van der Waals surface area contributed by atoms with Crippen LogP contribution in [0.25, 0.3) is 0 Å². The van der Waals surface area contributed by atoms with E-state index in [2.05, 4.69) is 0 Å². The van der Waals surface area contributed by atoms with Crippen molar-refractivity contribution in [2.24, 2.45) is 0 Å². The minimum absolute atomic E-state index is 0.373. The third-order valence-electron chi connectivity index (χ3n) is 2.08. The summed E-state index contributed by atoms with van der Waals surface area (Å²) in [7, 11) is 0. The fourth-order valence-corrected chi connectivity index (χ4v) is 1.96. The van der Waals surface area contributed by atoms with Gasteiger partial charge in [0.1, 0.15) is 29.9 Å². The number of aliphatic hydroxyl groups excluding tert-OH is 4. The van der Waals surface area contributed by atoms with Gasteiger partial charge in [-0.15, -0.1) is 11.8 Å². The molecule has 5 nitrogen and oxygen atoms in total. The van der Waals surface area contributed by atoms with E-state index in [9.17, 15) is 15.3 Å². The third kappa shape index (κ3) is 2.15. The van der Waals surface area contributed by atoms with Gasteiger partial charge in [-0.25, -0.2) is 0 Å². The van der Waals surface area contributed by atoms with E-state index in [1.54, 1.807) is 6.26 Å². The lowest BCUT2D eigenvalue weighted by molar-refractivity contribution is -0.205. The van der Waals surface area contributed by atoms with Crippen molar-refractivity contribution in [2.45, 2.75) is 29.9 Å². The van der Waals surface area contributed by atoms with Crippen LogP contribution in [0.2, 0.25) is 0 Å². The fraction of sp³-hybridized carbons (Fsp3) is 1.00. The molecule has 0 aromatic rings. The van der Waals surface area contributed by atoms with E-state index in [-0.39, 0.29) is 6.61 Å². The zero-order chi connectivity index (χ0) is 10.0. The number of ether oxygens (including phenoxy) is 1. The Balaban J connectivity index is 2.66. The summed E-state index contributed by atoms with van der Waals surface area (Å²) in [5, 5.41) is 36.8. The van der Waals surface area contributed by atoms with Gasteiger partial charge in [0.2, 0.25) is 0 Å². The standard InChI is InChI=1S/C7H14O5S/c1-13-7-6(11)5(10)4(9)3(2-8)12-7/h3-11H,2H2,1H3/t3-,4-,5+,6-,7-/m1/s1. The van der Waals surface area contributed by atoms with Crippen LogP contribution in [0.5, 0.6) is 0 Å². The highest BCUT2D eigenvalue weighted by molar-refractivity contribution is 7.99. The lowest BCUT2D eigenvalue weighted by atomic mass is 10.0. The van der Waals surface area contributed by atoms with Crippen LogP contribution < -0.4 is 0 Å². The molecular weight excluding hydrogens is 196 g/mol. The van der Waals surface area contributed by atoms with E-state index >= 15 is 0 Å². The zero-order valence-corrected chi connectivity index (χ0v) is 8.02. The lowest BCUT2D eigenvalue weighted by Crippen LogP contribution is -2.57. The first-order chi connectivity index (χ1) is 6.11. The van der Waals surface area contributed by atoms with Crippen molar-refractivity contribution < 1.29 is 25.2 Å². The number of aliphatic hydroxyl groups is 4. The molecule has 13 heavy (non-hydrogen) atoms. The second kappa shape index (κ2) is 4.59. The maximum atomic E-state index is 9.38. The zero-order valence-electron chi connectivity index (χ0n) is 7.20. The number of hydrogen-bond donors (Lipinski definition) is 4. The van der Waals surface area contributed by atoms with Crippen molar-refractivity contribution in [3.8, 4) is 0 Å². The van der Waals surface area contributed by atoms with E-state index in [0.717, 1.165) is 0 Å². The largest absolute Gasteiger partial charge is 0.394 e. The van der Waals surface area contributed by atoms with Crippen LogP contribution in [0.1, 0.15) is 0 Å². The van der Waals surface area contributed by atoms with E-state index in [4.69, 9.17) is 9.84 Å². The lowest BCUT2D eigenvalue weighted by Gasteiger charge is -2.39. The first kappa shape index (κ1) is 11.2. The van der Waals surface area contributed by atoms with Gasteiger partial charge >= 0.3 is 0 Å². The maximum Gasteiger partial charge on any atom is 0.132 e. The summed E-state index contributed by atoms with van der Waals surface area (Å²) in [5.74, 6) is 0. The predicted octanol–water partition coefficient (Wildman–Crippen LogP) is -1.85. The molecule has 0 aromatic heterocycles. The Hall–Kier alpha value is 0.150. The Morgan fingerprint density at radius 3 is 2.23 bits per heavy atom. The SMILES string of the molecule is CS[C@H]1O[C@H](CO)[C@@H](O)[C@H](O)[C@H]1O. The average molecular weight is 210 g/mol. The van der Waals surface area contributed by atoms with E-state index in [1.807, 2.05) is 0 Å². The Morgan fingerprint density at radius 1 is 1.15 bits per heavy atom. The molecule has 1 fully saturated rings. The molecule has 0 aliphatic carbocycles. The molecule has 0 unspecified atom stereocenters. The highest BCUT2D eigenvalue weighted by atomic mass is 32.2. The second-order valence-electron chi connectivity index (χ2n) is 2.93. The molecule has 78 valence electrons. The summed E-state index contributed by atoms with van der Waals surface area (Å²) in [6.45, 7) is -0.373. The van der Waals surface area contributed by atoms with Gasteiger partial charge in [-0.2, -0.15) is 0 Å². The summed E-state index contributed by atoms with van der Waals surface area (Å²) in [6.07, 6.45) is -2.72. The molecule has 1 saturated heterocycles. The van der Waals surface area contributed by atoms with Gasteiger partial charge in [-0.3, -0.25) is 0 Å². The smallest absolute Gasteiger partial charge is 0.132 e. The summed E-state index contributed by atoms with van der Waals surface area (Å²) in [5.41, 5.74) is -0.601. The quantitative estimate of drug-likeness (QED) is 0.428. The normalized spacial score (nSPS) is 46.4. The van der Waals surface area contributed by atoms with Gasteiger partial charge in [0.15, 0.2) is 0 Å². The highest BCUT2D eigenvalue weighted by Gasteiger charge is 2.42. The summed E-state index contributed by atoms with van der Waals surface area (Å²) < 4.78 is 5.13. The van der Waals surface area contributed by atoms with Crippen molar-refractivity contribution in [2.75, 3.05) is 12.9 Å². The van der Waals surface area contributed by atoms with Crippen molar-refractivity contribution in [3.05, 3.63) is 0 Å². The monoisotopic (exact) mass is 210 g/mol. The van der Waals surface area contributed by atoms with Crippen LogP contribution in [-0.2, 0) is 4.74 Å². The number of hydrogen-bond acceptors (Lipinski definition) is 6. The Kier molecular flexibility index (Phi) is 3.96. The van der Waals surface area contributed by atoms with Crippen LogP contribution in [-0.4, -0.2) is 63.1 Å². The van der Waals surface area contributed by atoms with Crippen LogP contribution in [0.15, 0.2) is 0 Å². The molecule has 0 aromatic carbocycles. The number of thioether (sulfide) groups is 1. The molecule has 0 amide bonds. The van der Waals surface area contributed by atoms with Crippen molar-refractivity contribution in [3.63, 3.8) is 0 Å². The van der Waals surface area contributed by atoms with Gasteiger partial charge in [-0.05, 0) is 6.26 Å². The van der Waals surface area contributed by atoms with E-state index < -0.39 is 29.9 Å². The summed E-state index contributed by atoms with van der Waals surface area (Å²) in [6, 6.07) is 0. The molecule has 0 radical (unpaired) electrons. The summed E-state index contributed by atoms with van der Waals surface area (Å²) in [4.78, 5) is 0.